The van der Waals surface area contributed by atoms with Gasteiger partial charge in [-0.15, -0.1) is 0 Å². The van der Waals surface area contributed by atoms with Crippen molar-refractivity contribution in [2.45, 2.75) is 64.3 Å². The van der Waals surface area contributed by atoms with Gasteiger partial charge in [0.1, 0.15) is 5.54 Å². The number of carboxylic acid groups (broad SMARTS) is 1. The number of carbonyl (C=O) groups excluding carboxylic acids is 2. The van der Waals surface area contributed by atoms with Crippen LogP contribution >= 0.6 is 0 Å². The van der Waals surface area contributed by atoms with Gasteiger partial charge in [0.15, 0.2) is 0 Å². The van der Waals surface area contributed by atoms with Crippen LogP contribution in [0.3, 0.4) is 0 Å². The number of hydrogen-bond donors (Lipinski definition) is 2. The van der Waals surface area contributed by atoms with E-state index in [-0.39, 0.29) is 6.42 Å². The fraction of sp³-hybridized carbons (Fsp3) is 0.800. The van der Waals surface area contributed by atoms with Crippen LogP contribution in [0.1, 0.15) is 58.8 Å². The van der Waals surface area contributed by atoms with E-state index >= 15 is 0 Å². The van der Waals surface area contributed by atoms with Gasteiger partial charge < -0.3 is 15.2 Å². The Kier molecular flexibility index (Phi) is 5.75. The summed E-state index contributed by atoms with van der Waals surface area (Å²) in [6.07, 6.45) is 4.57. The standard InChI is InChI=1S/C15H25NO5/c1-14(2,13(20)21-3)16-11(17)10-15(12(18)19)8-6-4-5-7-9-15/h4-10H2,1-3H3,(H,16,17)(H,18,19). The molecule has 0 aromatic carbocycles. The van der Waals surface area contributed by atoms with Crippen molar-refractivity contribution in [3.63, 3.8) is 0 Å². The van der Waals surface area contributed by atoms with Crippen molar-refractivity contribution >= 4 is 17.8 Å². The normalized spacial score (nSPS) is 18.4. The number of methoxy groups -OCH3 is 1. The minimum atomic E-state index is -1.16. The molecule has 21 heavy (non-hydrogen) atoms. The van der Waals surface area contributed by atoms with Gasteiger partial charge in [-0.25, -0.2) is 4.79 Å². The average molecular weight is 299 g/mol. The van der Waals surface area contributed by atoms with Crippen molar-refractivity contribution < 1.29 is 24.2 Å². The van der Waals surface area contributed by atoms with Crippen molar-refractivity contribution in [2.75, 3.05) is 7.11 Å². The van der Waals surface area contributed by atoms with Crippen LogP contribution in [0.5, 0.6) is 0 Å². The fourth-order valence-corrected chi connectivity index (χ4v) is 2.88. The van der Waals surface area contributed by atoms with Gasteiger partial charge in [-0.2, -0.15) is 0 Å². The Morgan fingerprint density at radius 1 is 1.14 bits per heavy atom. The summed E-state index contributed by atoms with van der Waals surface area (Å²) < 4.78 is 4.63. The van der Waals surface area contributed by atoms with Crippen molar-refractivity contribution in [1.82, 2.24) is 5.32 Å². The molecule has 6 heteroatoms. The number of rotatable bonds is 5. The van der Waals surface area contributed by atoms with Crippen LogP contribution in [0.15, 0.2) is 0 Å². The molecule has 0 aliphatic heterocycles. The zero-order chi connectivity index (χ0) is 16.1. The zero-order valence-electron chi connectivity index (χ0n) is 13.0. The van der Waals surface area contributed by atoms with Crippen LogP contribution in [0, 0.1) is 5.41 Å². The van der Waals surface area contributed by atoms with Crippen molar-refractivity contribution in [1.29, 1.82) is 0 Å². The van der Waals surface area contributed by atoms with Gasteiger partial charge in [-0.05, 0) is 26.7 Å². The molecular formula is C15H25NO5. The second kappa shape index (κ2) is 6.91. The van der Waals surface area contributed by atoms with E-state index in [0.29, 0.717) is 12.8 Å². The minimum Gasteiger partial charge on any atom is -0.481 e. The Labute approximate surface area is 125 Å². The molecule has 1 rings (SSSR count). The summed E-state index contributed by atoms with van der Waals surface area (Å²) >= 11 is 0. The van der Waals surface area contributed by atoms with Crippen molar-refractivity contribution in [3.05, 3.63) is 0 Å². The molecule has 1 aliphatic rings. The predicted molar refractivity (Wildman–Crippen MR) is 76.6 cm³/mol. The van der Waals surface area contributed by atoms with Crippen LogP contribution in [-0.4, -0.2) is 35.6 Å². The van der Waals surface area contributed by atoms with Gasteiger partial charge in [0, 0.05) is 6.42 Å². The molecule has 0 heterocycles. The van der Waals surface area contributed by atoms with Crippen LogP contribution in [-0.2, 0) is 19.1 Å². The Balaban J connectivity index is 2.78. The van der Waals surface area contributed by atoms with E-state index in [1.165, 1.54) is 21.0 Å². The predicted octanol–water partition coefficient (Wildman–Crippen LogP) is 1.87. The number of amides is 1. The summed E-state index contributed by atoms with van der Waals surface area (Å²) in [6, 6.07) is 0. The second-order valence-corrected chi connectivity index (χ2v) is 6.34. The lowest BCUT2D eigenvalue weighted by Crippen LogP contribution is -2.52. The third-order valence-corrected chi connectivity index (χ3v) is 4.16. The number of hydrogen-bond acceptors (Lipinski definition) is 4. The number of nitrogens with one attached hydrogen (secondary N) is 1. The lowest BCUT2D eigenvalue weighted by atomic mass is 9.77. The first kappa shape index (κ1) is 17.5. The molecule has 1 fully saturated rings. The highest BCUT2D eigenvalue weighted by molar-refractivity contribution is 5.90. The smallest absolute Gasteiger partial charge is 0.330 e. The van der Waals surface area contributed by atoms with E-state index in [2.05, 4.69) is 10.1 Å². The lowest BCUT2D eigenvalue weighted by molar-refractivity contribution is -0.154. The maximum atomic E-state index is 12.2. The van der Waals surface area contributed by atoms with E-state index in [1.807, 2.05) is 0 Å². The molecule has 2 N–H and O–H groups in total. The Bertz CT molecular complexity index is 408. The molecule has 0 aromatic heterocycles. The Morgan fingerprint density at radius 3 is 2.10 bits per heavy atom. The van der Waals surface area contributed by atoms with Crippen molar-refractivity contribution in [3.8, 4) is 0 Å². The molecule has 0 unspecified atom stereocenters. The second-order valence-electron chi connectivity index (χ2n) is 6.34. The molecule has 1 saturated carbocycles. The van der Waals surface area contributed by atoms with Gasteiger partial charge in [-0.1, -0.05) is 25.7 Å². The van der Waals surface area contributed by atoms with E-state index in [1.54, 1.807) is 0 Å². The topological polar surface area (TPSA) is 92.7 Å². The number of esters is 1. The van der Waals surface area contributed by atoms with Crippen LogP contribution in [0.2, 0.25) is 0 Å². The van der Waals surface area contributed by atoms with E-state index in [0.717, 1.165) is 25.7 Å². The number of carboxylic acids is 1. The van der Waals surface area contributed by atoms with Crippen LogP contribution < -0.4 is 5.32 Å². The fourth-order valence-electron chi connectivity index (χ4n) is 2.88. The molecule has 1 amide bonds. The monoisotopic (exact) mass is 299 g/mol. The number of aliphatic carboxylic acids is 1. The summed E-state index contributed by atoms with van der Waals surface area (Å²) in [5, 5.41) is 12.1. The summed E-state index contributed by atoms with van der Waals surface area (Å²) in [5.41, 5.74) is -2.16. The van der Waals surface area contributed by atoms with E-state index < -0.39 is 28.8 Å². The summed E-state index contributed by atoms with van der Waals surface area (Å²) in [7, 11) is 1.25. The average Bonchev–Trinajstić information content (AvgIpc) is 2.63. The molecule has 120 valence electrons. The quantitative estimate of drug-likeness (QED) is 0.597. The molecule has 0 atom stereocenters. The highest BCUT2D eigenvalue weighted by Gasteiger charge is 2.42. The van der Waals surface area contributed by atoms with Gasteiger partial charge in [0.2, 0.25) is 5.91 Å². The first-order valence-electron chi connectivity index (χ1n) is 7.36. The maximum Gasteiger partial charge on any atom is 0.330 e. The summed E-state index contributed by atoms with van der Waals surface area (Å²) in [4.78, 5) is 35.4. The molecule has 1 aliphatic carbocycles. The first-order chi connectivity index (χ1) is 9.73. The molecule has 0 spiro atoms. The summed E-state index contributed by atoms with van der Waals surface area (Å²) in [6.45, 7) is 3.08. The highest BCUT2D eigenvalue weighted by Crippen LogP contribution is 2.38. The number of ether oxygens (including phenoxy) is 1. The SMILES string of the molecule is COC(=O)C(C)(C)NC(=O)CC1(C(=O)O)CCCCCC1. The Morgan fingerprint density at radius 2 is 1.67 bits per heavy atom. The van der Waals surface area contributed by atoms with E-state index in [9.17, 15) is 19.5 Å². The zero-order valence-corrected chi connectivity index (χ0v) is 13.0. The maximum absolute atomic E-state index is 12.2. The lowest BCUT2D eigenvalue weighted by Gasteiger charge is -2.30. The van der Waals surface area contributed by atoms with Crippen LogP contribution in [0.25, 0.3) is 0 Å². The van der Waals surface area contributed by atoms with Gasteiger partial charge in [-0.3, -0.25) is 9.59 Å². The van der Waals surface area contributed by atoms with Gasteiger partial charge in [0.25, 0.3) is 0 Å². The molecule has 0 aromatic rings. The largest absolute Gasteiger partial charge is 0.481 e. The molecule has 0 bridgehead atoms. The molecule has 0 radical (unpaired) electrons. The molecule has 6 nitrogen and oxygen atoms in total. The van der Waals surface area contributed by atoms with Gasteiger partial charge >= 0.3 is 11.9 Å². The van der Waals surface area contributed by atoms with Crippen molar-refractivity contribution in [2.24, 2.45) is 5.41 Å². The number of carbonyl (C=O) groups is 3. The molecule has 0 saturated heterocycles. The first-order valence-corrected chi connectivity index (χ1v) is 7.36. The third kappa shape index (κ3) is 4.44. The third-order valence-electron chi connectivity index (χ3n) is 4.16. The molecular weight excluding hydrogens is 274 g/mol. The highest BCUT2D eigenvalue weighted by atomic mass is 16.5. The van der Waals surface area contributed by atoms with Crippen LogP contribution in [0.4, 0.5) is 0 Å². The summed E-state index contributed by atoms with van der Waals surface area (Å²) in [5.74, 6) is -1.90. The van der Waals surface area contributed by atoms with E-state index in [4.69, 9.17) is 0 Å². The Hall–Kier alpha value is -1.59. The van der Waals surface area contributed by atoms with Gasteiger partial charge in [0.05, 0.1) is 12.5 Å². The minimum absolute atomic E-state index is 0.0945.